The highest BCUT2D eigenvalue weighted by Crippen LogP contribution is 2.32. The molecule has 0 bridgehead atoms. The Morgan fingerprint density at radius 1 is 1.21 bits per heavy atom. The van der Waals surface area contributed by atoms with Gasteiger partial charge in [-0.15, -0.1) is 6.58 Å². The number of likely N-dealkylation sites (N-methyl/N-ethyl adjacent to an activating group) is 1. The molecule has 2 saturated heterocycles. The van der Waals surface area contributed by atoms with Crippen LogP contribution in [0, 0.1) is 0 Å². The van der Waals surface area contributed by atoms with Gasteiger partial charge in [0.25, 0.3) is 0 Å². The molecule has 1 amide bonds. The molecule has 6 nitrogen and oxygen atoms in total. The largest absolute Gasteiger partial charge is 0.497 e. The Morgan fingerprint density at radius 2 is 2.04 bits per heavy atom. The predicted molar refractivity (Wildman–Crippen MR) is 111 cm³/mol. The number of rotatable bonds is 7. The summed E-state index contributed by atoms with van der Waals surface area (Å²) in [6.07, 6.45) is 4.37. The number of likely N-dealkylation sites (tertiary alicyclic amines) is 1. The SMILES string of the molecule is C=CCN1CC[C@@]2(CCC1=O)CN(CCOc1cccc(OC)c1)CCN2C. The van der Waals surface area contributed by atoms with Crippen LogP contribution in [-0.2, 0) is 4.79 Å². The summed E-state index contributed by atoms with van der Waals surface area (Å²) < 4.78 is 11.2. The van der Waals surface area contributed by atoms with Crippen LogP contribution in [-0.4, -0.2) is 86.2 Å². The lowest BCUT2D eigenvalue weighted by molar-refractivity contribution is -0.130. The summed E-state index contributed by atoms with van der Waals surface area (Å²) in [5.74, 6) is 1.90. The van der Waals surface area contributed by atoms with E-state index >= 15 is 0 Å². The Labute approximate surface area is 168 Å². The van der Waals surface area contributed by atoms with Gasteiger partial charge in [-0.3, -0.25) is 14.6 Å². The second-order valence-corrected chi connectivity index (χ2v) is 7.83. The maximum Gasteiger partial charge on any atom is 0.222 e. The van der Waals surface area contributed by atoms with Crippen molar-refractivity contribution in [2.24, 2.45) is 0 Å². The lowest BCUT2D eigenvalue weighted by Gasteiger charge is -2.49. The number of hydrogen-bond donors (Lipinski definition) is 0. The number of methoxy groups -OCH3 is 1. The molecule has 1 aromatic carbocycles. The van der Waals surface area contributed by atoms with Crippen molar-refractivity contribution in [1.29, 1.82) is 0 Å². The Kier molecular flexibility index (Phi) is 6.97. The summed E-state index contributed by atoms with van der Waals surface area (Å²) >= 11 is 0. The third-order valence-corrected chi connectivity index (χ3v) is 6.15. The third kappa shape index (κ3) is 4.86. The number of amides is 1. The van der Waals surface area contributed by atoms with Gasteiger partial charge in [-0.1, -0.05) is 12.1 Å². The van der Waals surface area contributed by atoms with Crippen molar-refractivity contribution in [2.75, 3.05) is 60.0 Å². The van der Waals surface area contributed by atoms with E-state index in [0.29, 0.717) is 19.6 Å². The molecule has 0 N–H and O–H groups in total. The Bertz CT molecular complexity index is 681. The van der Waals surface area contributed by atoms with E-state index in [9.17, 15) is 4.79 Å². The maximum absolute atomic E-state index is 12.4. The van der Waals surface area contributed by atoms with Gasteiger partial charge in [-0.05, 0) is 32.0 Å². The molecular weight excluding hydrogens is 354 g/mol. The fraction of sp³-hybridized carbons (Fsp3) is 0.591. The molecule has 1 aromatic rings. The molecule has 3 rings (SSSR count). The Balaban J connectivity index is 1.56. The maximum atomic E-state index is 12.4. The van der Waals surface area contributed by atoms with Crippen molar-refractivity contribution in [3.63, 3.8) is 0 Å². The number of carbonyl (C=O) groups excluding carboxylic acids is 1. The van der Waals surface area contributed by atoms with Gasteiger partial charge in [0.1, 0.15) is 18.1 Å². The van der Waals surface area contributed by atoms with Gasteiger partial charge in [0.05, 0.1) is 7.11 Å². The normalized spacial score (nSPS) is 24.2. The van der Waals surface area contributed by atoms with E-state index in [-0.39, 0.29) is 11.4 Å². The zero-order chi connectivity index (χ0) is 20.0. The number of nitrogens with zero attached hydrogens (tertiary/aromatic N) is 3. The van der Waals surface area contributed by atoms with E-state index in [1.165, 1.54) is 0 Å². The predicted octanol–water partition coefficient (Wildman–Crippen LogP) is 2.26. The van der Waals surface area contributed by atoms with Gasteiger partial charge in [0.15, 0.2) is 0 Å². The molecule has 2 aliphatic heterocycles. The molecule has 0 unspecified atom stereocenters. The summed E-state index contributed by atoms with van der Waals surface area (Å²) in [5.41, 5.74) is 0.0692. The summed E-state index contributed by atoms with van der Waals surface area (Å²) in [5, 5.41) is 0. The van der Waals surface area contributed by atoms with Crippen LogP contribution in [0.2, 0.25) is 0 Å². The van der Waals surface area contributed by atoms with E-state index < -0.39 is 0 Å². The highest BCUT2D eigenvalue weighted by Gasteiger charge is 2.41. The minimum Gasteiger partial charge on any atom is -0.497 e. The van der Waals surface area contributed by atoms with Gasteiger partial charge in [0.2, 0.25) is 5.91 Å². The van der Waals surface area contributed by atoms with Crippen molar-refractivity contribution in [3.8, 4) is 11.5 Å². The Hall–Kier alpha value is -2.05. The lowest BCUT2D eigenvalue weighted by Crippen LogP contribution is -2.61. The first kappa shape index (κ1) is 20.7. The van der Waals surface area contributed by atoms with Crippen LogP contribution in [0.25, 0.3) is 0 Å². The molecule has 28 heavy (non-hydrogen) atoms. The zero-order valence-electron chi connectivity index (χ0n) is 17.2. The average Bonchev–Trinajstić information content (AvgIpc) is 2.86. The van der Waals surface area contributed by atoms with Crippen LogP contribution in [0.3, 0.4) is 0 Å². The summed E-state index contributed by atoms with van der Waals surface area (Å²) in [4.78, 5) is 19.3. The fourth-order valence-electron chi connectivity index (χ4n) is 4.30. The van der Waals surface area contributed by atoms with Gasteiger partial charge < -0.3 is 14.4 Å². The van der Waals surface area contributed by atoms with Crippen molar-refractivity contribution < 1.29 is 14.3 Å². The average molecular weight is 388 g/mol. The highest BCUT2D eigenvalue weighted by atomic mass is 16.5. The zero-order valence-corrected chi connectivity index (χ0v) is 17.2. The van der Waals surface area contributed by atoms with Crippen molar-refractivity contribution in [3.05, 3.63) is 36.9 Å². The Morgan fingerprint density at radius 3 is 2.82 bits per heavy atom. The molecule has 0 aliphatic carbocycles. The summed E-state index contributed by atoms with van der Waals surface area (Å²) in [7, 11) is 3.87. The molecule has 2 heterocycles. The van der Waals surface area contributed by atoms with Crippen molar-refractivity contribution in [2.45, 2.75) is 24.8 Å². The van der Waals surface area contributed by atoms with Crippen LogP contribution in [0.5, 0.6) is 11.5 Å². The molecule has 0 saturated carbocycles. The van der Waals surface area contributed by atoms with Crippen LogP contribution < -0.4 is 9.47 Å². The second kappa shape index (κ2) is 9.43. The lowest BCUT2D eigenvalue weighted by atomic mass is 9.86. The molecule has 6 heteroatoms. The molecule has 154 valence electrons. The first-order valence-electron chi connectivity index (χ1n) is 10.2. The van der Waals surface area contributed by atoms with Crippen LogP contribution in [0.4, 0.5) is 0 Å². The van der Waals surface area contributed by atoms with E-state index in [1.807, 2.05) is 35.2 Å². The van der Waals surface area contributed by atoms with Crippen molar-refractivity contribution >= 4 is 5.91 Å². The third-order valence-electron chi connectivity index (χ3n) is 6.15. The first-order chi connectivity index (χ1) is 13.6. The molecule has 2 fully saturated rings. The minimum atomic E-state index is 0.0692. The smallest absolute Gasteiger partial charge is 0.222 e. The van der Waals surface area contributed by atoms with Gasteiger partial charge >= 0.3 is 0 Å². The van der Waals surface area contributed by atoms with E-state index in [1.54, 1.807) is 7.11 Å². The fourth-order valence-corrected chi connectivity index (χ4v) is 4.30. The van der Waals surface area contributed by atoms with Gasteiger partial charge in [-0.2, -0.15) is 0 Å². The van der Waals surface area contributed by atoms with Crippen LogP contribution in [0.15, 0.2) is 36.9 Å². The monoisotopic (exact) mass is 387 g/mol. The van der Waals surface area contributed by atoms with Crippen LogP contribution >= 0.6 is 0 Å². The van der Waals surface area contributed by atoms with Crippen LogP contribution in [0.1, 0.15) is 19.3 Å². The summed E-state index contributed by atoms with van der Waals surface area (Å²) in [6.45, 7) is 9.82. The molecule has 0 radical (unpaired) electrons. The van der Waals surface area contributed by atoms with E-state index in [2.05, 4.69) is 23.4 Å². The van der Waals surface area contributed by atoms with Gasteiger partial charge in [-0.25, -0.2) is 0 Å². The number of benzene rings is 1. The highest BCUT2D eigenvalue weighted by molar-refractivity contribution is 5.76. The number of hydrogen-bond acceptors (Lipinski definition) is 5. The van der Waals surface area contributed by atoms with E-state index in [4.69, 9.17) is 9.47 Å². The topological polar surface area (TPSA) is 45.3 Å². The second-order valence-electron chi connectivity index (χ2n) is 7.83. The number of piperazine rings is 1. The molecule has 1 spiro atoms. The number of ether oxygens (including phenoxy) is 2. The van der Waals surface area contributed by atoms with E-state index in [0.717, 1.165) is 57.1 Å². The molecular formula is C22H33N3O3. The van der Waals surface area contributed by atoms with Gasteiger partial charge in [0, 0.05) is 57.3 Å². The number of carbonyl (C=O) groups is 1. The quantitative estimate of drug-likeness (QED) is 0.672. The first-order valence-corrected chi connectivity index (χ1v) is 10.2. The molecule has 2 aliphatic rings. The minimum absolute atomic E-state index is 0.0692. The molecule has 0 aromatic heterocycles. The summed E-state index contributed by atoms with van der Waals surface area (Å²) in [6, 6.07) is 7.73. The molecule has 1 atom stereocenters. The standard InChI is InChI=1S/C22H33N3O3/c1-4-11-25-12-10-22(9-8-21(25)26)18-24(14-13-23(22)2)15-16-28-20-7-5-6-19(17-20)27-3/h4-7,17H,1,8-16,18H2,2-3H3/t22-/m0/s1. The van der Waals surface area contributed by atoms with Crippen molar-refractivity contribution in [1.82, 2.24) is 14.7 Å².